The summed E-state index contributed by atoms with van der Waals surface area (Å²) in [5.74, 6) is -0.0768. The molecule has 2 rings (SSSR count). The Hall–Kier alpha value is -3.02. The highest BCUT2D eigenvalue weighted by Gasteiger charge is 2.25. The summed E-state index contributed by atoms with van der Waals surface area (Å²) in [7, 11) is 4.34. The molecule has 6 heteroatoms. The number of Topliss-reactive ketones (excluding diaryl/α,β-unsaturated/α-hetero) is 1. The minimum absolute atomic E-state index is 0.147. The number of benzene rings is 2. The third-order valence-corrected chi connectivity index (χ3v) is 3.91. The standard InChI is InChI=1S/C20H22O6/c1-12-6-8-14(9-7-12)17(21)13(2)26-20(22)15-10-11-16(23-3)19(25-5)18(15)24-4/h6-11,13H,1-5H3/t13-/m0/s1. The van der Waals surface area contributed by atoms with E-state index in [0.717, 1.165) is 5.56 Å². The Kier molecular flexibility index (Phi) is 6.22. The van der Waals surface area contributed by atoms with Gasteiger partial charge in [0.2, 0.25) is 11.5 Å². The van der Waals surface area contributed by atoms with Crippen LogP contribution in [-0.4, -0.2) is 39.2 Å². The predicted molar refractivity (Wildman–Crippen MR) is 96.5 cm³/mol. The number of ether oxygens (including phenoxy) is 4. The van der Waals surface area contributed by atoms with Gasteiger partial charge in [0.15, 0.2) is 17.6 Å². The second-order valence-electron chi connectivity index (χ2n) is 5.66. The summed E-state index contributed by atoms with van der Waals surface area (Å²) in [5.41, 5.74) is 1.67. The largest absolute Gasteiger partial charge is 0.493 e. The van der Waals surface area contributed by atoms with Crippen LogP contribution >= 0.6 is 0 Å². The van der Waals surface area contributed by atoms with E-state index in [1.165, 1.54) is 34.3 Å². The lowest BCUT2D eigenvalue weighted by molar-refractivity contribution is 0.0315. The van der Waals surface area contributed by atoms with E-state index in [9.17, 15) is 9.59 Å². The molecule has 0 aliphatic rings. The molecule has 6 nitrogen and oxygen atoms in total. The number of hydrogen-bond donors (Lipinski definition) is 0. The highest BCUT2D eigenvalue weighted by Crippen LogP contribution is 2.40. The van der Waals surface area contributed by atoms with Crippen LogP contribution in [0.2, 0.25) is 0 Å². The van der Waals surface area contributed by atoms with Gasteiger partial charge in [-0.3, -0.25) is 4.79 Å². The zero-order chi connectivity index (χ0) is 19.3. The van der Waals surface area contributed by atoms with Gasteiger partial charge in [0, 0.05) is 5.56 Å². The summed E-state index contributed by atoms with van der Waals surface area (Å²) >= 11 is 0. The Morgan fingerprint density at radius 3 is 2.00 bits per heavy atom. The number of esters is 1. The van der Waals surface area contributed by atoms with Crippen LogP contribution in [0.15, 0.2) is 36.4 Å². The summed E-state index contributed by atoms with van der Waals surface area (Å²) in [5, 5.41) is 0. The first-order valence-electron chi connectivity index (χ1n) is 8.03. The van der Waals surface area contributed by atoms with Crippen molar-refractivity contribution in [2.24, 2.45) is 0 Å². The average Bonchev–Trinajstić information content (AvgIpc) is 2.66. The number of carbonyl (C=O) groups is 2. The molecule has 0 fully saturated rings. The van der Waals surface area contributed by atoms with E-state index < -0.39 is 12.1 Å². The van der Waals surface area contributed by atoms with E-state index in [1.807, 2.05) is 19.1 Å². The molecule has 0 N–H and O–H groups in total. The fourth-order valence-corrected chi connectivity index (χ4v) is 2.49. The third-order valence-electron chi connectivity index (χ3n) is 3.91. The lowest BCUT2D eigenvalue weighted by Gasteiger charge is -2.17. The number of ketones is 1. The van der Waals surface area contributed by atoms with Gasteiger partial charge in [-0.15, -0.1) is 0 Å². The minimum atomic E-state index is -0.942. The van der Waals surface area contributed by atoms with E-state index in [-0.39, 0.29) is 22.8 Å². The molecular weight excluding hydrogens is 336 g/mol. The number of methoxy groups -OCH3 is 3. The van der Waals surface area contributed by atoms with Gasteiger partial charge >= 0.3 is 5.97 Å². The van der Waals surface area contributed by atoms with E-state index in [0.29, 0.717) is 11.3 Å². The van der Waals surface area contributed by atoms with Crippen molar-refractivity contribution in [3.05, 3.63) is 53.1 Å². The topological polar surface area (TPSA) is 71.1 Å². The molecule has 0 radical (unpaired) electrons. The van der Waals surface area contributed by atoms with E-state index in [1.54, 1.807) is 18.2 Å². The molecule has 0 aliphatic heterocycles. The van der Waals surface area contributed by atoms with Crippen molar-refractivity contribution in [3.8, 4) is 17.2 Å². The van der Waals surface area contributed by atoms with Crippen LogP contribution in [0.4, 0.5) is 0 Å². The van der Waals surface area contributed by atoms with Gasteiger partial charge in [-0.1, -0.05) is 29.8 Å². The molecule has 138 valence electrons. The van der Waals surface area contributed by atoms with Gasteiger partial charge in [-0.05, 0) is 26.0 Å². The Morgan fingerprint density at radius 1 is 0.846 bits per heavy atom. The van der Waals surface area contributed by atoms with Crippen molar-refractivity contribution in [2.75, 3.05) is 21.3 Å². The van der Waals surface area contributed by atoms with Crippen LogP contribution in [0.25, 0.3) is 0 Å². The highest BCUT2D eigenvalue weighted by atomic mass is 16.6. The molecule has 0 amide bonds. The maximum absolute atomic E-state index is 12.5. The van der Waals surface area contributed by atoms with Gasteiger partial charge in [0.1, 0.15) is 5.56 Å². The zero-order valence-corrected chi connectivity index (χ0v) is 15.5. The SMILES string of the molecule is COc1ccc(C(=O)O[C@@H](C)C(=O)c2ccc(C)cc2)c(OC)c1OC. The maximum atomic E-state index is 12.5. The van der Waals surface area contributed by atoms with Crippen LogP contribution in [0.5, 0.6) is 17.2 Å². The summed E-state index contributed by atoms with van der Waals surface area (Å²) < 4.78 is 21.1. The van der Waals surface area contributed by atoms with Crippen LogP contribution < -0.4 is 14.2 Å². The van der Waals surface area contributed by atoms with Crippen molar-refractivity contribution < 1.29 is 28.5 Å². The number of rotatable bonds is 7. The first kappa shape index (κ1) is 19.3. The van der Waals surface area contributed by atoms with Crippen molar-refractivity contribution in [1.29, 1.82) is 0 Å². The minimum Gasteiger partial charge on any atom is -0.493 e. The molecule has 1 atom stereocenters. The summed E-state index contributed by atoms with van der Waals surface area (Å²) in [6, 6.07) is 10.2. The normalized spacial score (nSPS) is 11.4. The molecule has 0 spiro atoms. The van der Waals surface area contributed by atoms with Gasteiger partial charge in [0.05, 0.1) is 21.3 Å². The van der Waals surface area contributed by atoms with Crippen LogP contribution in [0.3, 0.4) is 0 Å². The van der Waals surface area contributed by atoms with Crippen LogP contribution in [0, 0.1) is 6.92 Å². The zero-order valence-electron chi connectivity index (χ0n) is 15.5. The summed E-state index contributed by atoms with van der Waals surface area (Å²) in [4.78, 5) is 25.0. The Balaban J connectivity index is 2.23. The Labute approximate surface area is 152 Å². The Morgan fingerprint density at radius 2 is 1.46 bits per heavy atom. The second-order valence-corrected chi connectivity index (χ2v) is 5.66. The third kappa shape index (κ3) is 3.96. The number of hydrogen-bond acceptors (Lipinski definition) is 6. The molecular formula is C20H22O6. The second kappa shape index (κ2) is 8.38. The van der Waals surface area contributed by atoms with E-state index >= 15 is 0 Å². The van der Waals surface area contributed by atoms with Crippen LogP contribution in [-0.2, 0) is 4.74 Å². The van der Waals surface area contributed by atoms with Gasteiger partial charge in [-0.2, -0.15) is 0 Å². The number of carbonyl (C=O) groups excluding carboxylic acids is 2. The van der Waals surface area contributed by atoms with Crippen molar-refractivity contribution >= 4 is 11.8 Å². The molecule has 0 saturated carbocycles. The molecule has 2 aromatic rings. The molecule has 2 aromatic carbocycles. The molecule has 0 unspecified atom stereocenters. The molecule has 26 heavy (non-hydrogen) atoms. The summed E-state index contributed by atoms with van der Waals surface area (Å²) in [6.07, 6.45) is -0.942. The smallest absolute Gasteiger partial charge is 0.342 e. The molecule has 0 heterocycles. The van der Waals surface area contributed by atoms with Crippen molar-refractivity contribution in [2.45, 2.75) is 20.0 Å². The lowest BCUT2D eigenvalue weighted by Crippen LogP contribution is -2.24. The van der Waals surface area contributed by atoms with Crippen molar-refractivity contribution in [3.63, 3.8) is 0 Å². The first-order chi connectivity index (χ1) is 12.4. The van der Waals surface area contributed by atoms with Gasteiger partial charge < -0.3 is 18.9 Å². The monoisotopic (exact) mass is 358 g/mol. The fourth-order valence-electron chi connectivity index (χ4n) is 2.49. The van der Waals surface area contributed by atoms with Gasteiger partial charge in [-0.25, -0.2) is 4.79 Å². The summed E-state index contributed by atoms with van der Waals surface area (Å²) in [6.45, 7) is 3.47. The maximum Gasteiger partial charge on any atom is 0.342 e. The molecule has 0 aromatic heterocycles. The van der Waals surface area contributed by atoms with E-state index in [4.69, 9.17) is 18.9 Å². The fraction of sp³-hybridized carbons (Fsp3) is 0.300. The average molecular weight is 358 g/mol. The highest BCUT2D eigenvalue weighted by molar-refractivity contribution is 6.02. The van der Waals surface area contributed by atoms with Gasteiger partial charge in [0.25, 0.3) is 0 Å². The van der Waals surface area contributed by atoms with Crippen molar-refractivity contribution in [1.82, 2.24) is 0 Å². The van der Waals surface area contributed by atoms with E-state index in [2.05, 4.69) is 0 Å². The Bertz CT molecular complexity index is 795. The quantitative estimate of drug-likeness (QED) is 0.558. The molecule has 0 aliphatic carbocycles. The molecule has 0 bridgehead atoms. The molecule has 0 saturated heterocycles. The van der Waals surface area contributed by atoms with Crippen LogP contribution in [0.1, 0.15) is 33.2 Å². The predicted octanol–water partition coefficient (Wildman–Crippen LogP) is 3.45. The lowest BCUT2D eigenvalue weighted by atomic mass is 10.1. The first-order valence-corrected chi connectivity index (χ1v) is 8.03. The number of aryl methyl sites for hydroxylation is 1.